The van der Waals surface area contributed by atoms with Crippen LogP contribution >= 0.6 is 0 Å². The second kappa shape index (κ2) is 3.05. The molecule has 0 aliphatic rings. The van der Waals surface area contributed by atoms with Gasteiger partial charge in [-0.15, -0.1) is 0 Å². The normalized spacial score (nSPS) is 14.5. The Kier molecular flexibility index (Phi) is 2.97. The quantitative estimate of drug-likeness (QED) is 0.240. The largest absolute Gasteiger partial charge is 0.393 e. The second-order valence-corrected chi connectivity index (χ2v) is 0.918. The lowest BCUT2D eigenvalue weighted by molar-refractivity contribution is 0.0934. The van der Waals surface area contributed by atoms with Gasteiger partial charge in [0.1, 0.15) is 6.17 Å². The van der Waals surface area contributed by atoms with Crippen LogP contribution in [0.3, 0.4) is 0 Å². The maximum Gasteiger partial charge on any atom is 0.102 e. The third kappa shape index (κ3) is 2.10. The molecular formula is C2H8N2O2. The van der Waals surface area contributed by atoms with E-state index in [4.69, 9.17) is 16.0 Å². The molecule has 0 spiro atoms. The molecule has 0 saturated carbocycles. The molecule has 0 rings (SSSR count). The number of hydroxylamine groups is 1. The highest BCUT2D eigenvalue weighted by Crippen LogP contribution is 1.57. The standard InChI is InChI=1S/C2H8N2O2/c3-2(1-5)4-6/h2,4-6H,1,3H2. The number of hydrogen-bond acceptors (Lipinski definition) is 4. The predicted octanol–water partition coefficient (Wildman–Crippen LogP) is -1.76. The second-order valence-electron chi connectivity index (χ2n) is 0.918. The van der Waals surface area contributed by atoms with E-state index in [0.29, 0.717) is 0 Å². The van der Waals surface area contributed by atoms with Gasteiger partial charge in [0.15, 0.2) is 0 Å². The molecule has 0 amide bonds. The Balaban J connectivity index is 2.75. The molecule has 0 heterocycles. The van der Waals surface area contributed by atoms with Gasteiger partial charge in [-0.2, -0.15) is 5.48 Å². The van der Waals surface area contributed by atoms with Gasteiger partial charge in [-0.25, -0.2) is 0 Å². The van der Waals surface area contributed by atoms with E-state index in [1.54, 1.807) is 5.48 Å². The summed E-state index contributed by atoms with van der Waals surface area (Å²) >= 11 is 0. The first-order valence-corrected chi connectivity index (χ1v) is 1.57. The van der Waals surface area contributed by atoms with E-state index in [0.717, 1.165) is 0 Å². The summed E-state index contributed by atoms with van der Waals surface area (Å²) in [5.41, 5.74) is 6.50. The van der Waals surface area contributed by atoms with Crippen LogP contribution < -0.4 is 11.2 Å². The summed E-state index contributed by atoms with van der Waals surface area (Å²) in [6.07, 6.45) is -0.704. The van der Waals surface area contributed by atoms with Gasteiger partial charge in [-0.1, -0.05) is 0 Å². The average molecular weight is 92.1 g/mol. The summed E-state index contributed by atoms with van der Waals surface area (Å²) in [6, 6.07) is 0. The molecule has 5 N–H and O–H groups in total. The summed E-state index contributed by atoms with van der Waals surface area (Å²) < 4.78 is 0. The fourth-order valence-corrected chi connectivity index (χ4v) is 0.0408. The molecule has 1 unspecified atom stereocenters. The van der Waals surface area contributed by atoms with Gasteiger partial charge in [0.05, 0.1) is 6.61 Å². The summed E-state index contributed by atoms with van der Waals surface area (Å²) in [5.74, 6) is 0. The third-order valence-corrected chi connectivity index (χ3v) is 0.363. The SMILES string of the molecule is NC(CO)NO. The molecule has 0 bridgehead atoms. The number of rotatable bonds is 2. The van der Waals surface area contributed by atoms with Crippen LogP contribution in [0.2, 0.25) is 0 Å². The molecule has 0 aliphatic carbocycles. The van der Waals surface area contributed by atoms with Crippen LogP contribution in [0.1, 0.15) is 0 Å². The predicted molar refractivity (Wildman–Crippen MR) is 20.0 cm³/mol. The van der Waals surface area contributed by atoms with E-state index in [9.17, 15) is 0 Å². The molecule has 0 aromatic carbocycles. The van der Waals surface area contributed by atoms with Gasteiger partial charge in [-0.05, 0) is 0 Å². The van der Waals surface area contributed by atoms with Gasteiger partial charge in [0.2, 0.25) is 0 Å². The van der Waals surface area contributed by atoms with E-state index < -0.39 is 6.17 Å². The topological polar surface area (TPSA) is 78.5 Å². The highest BCUT2D eigenvalue weighted by molar-refractivity contribution is 4.42. The minimum absolute atomic E-state index is 0.253. The van der Waals surface area contributed by atoms with E-state index in [1.807, 2.05) is 0 Å². The van der Waals surface area contributed by atoms with Crippen molar-refractivity contribution in [3.05, 3.63) is 0 Å². The van der Waals surface area contributed by atoms with Crippen molar-refractivity contribution in [2.24, 2.45) is 5.73 Å². The zero-order valence-electron chi connectivity index (χ0n) is 3.26. The van der Waals surface area contributed by atoms with Crippen LogP contribution in [-0.4, -0.2) is 23.1 Å². The molecule has 0 fully saturated rings. The zero-order valence-corrected chi connectivity index (χ0v) is 3.26. The van der Waals surface area contributed by atoms with Crippen LogP contribution in [0.25, 0.3) is 0 Å². The van der Waals surface area contributed by atoms with Crippen LogP contribution in [-0.2, 0) is 0 Å². The van der Waals surface area contributed by atoms with Crippen molar-refractivity contribution in [2.75, 3.05) is 6.61 Å². The average Bonchev–Trinajstić information content (AvgIpc) is 1.65. The smallest absolute Gasteiger partial charge is 0.102 e. The minimum atomic E-state index is -0.704. The molecule has 4 nitrogen and oxygen atoms in total. The van der Waals surface area contributed by atoms with Gasteiger partial charge in [-0.3, -0.25) is 0 Å². The number of aliphatic hydroxyl groups excluding tert-OH is 1. The molecule has 0 aromatic heterocycles. The van der Waals surface area contributed by atoms with Crippen molar-refractivity contribution >= 4 is 0 Å². The summed E-state index contributed by atoms with van der Waals surface area (Å²) in [6.45, 7) is -0.253. The molecule has 38 valence electrons. The van der Waals surface area contributed by atoms with Gasteiger partial charge in [0.25, 0.3) is 0 Å². The first-order valence-electron chi connectivity index (χ1n) is 1.57. The van der Waals surface area contributed by atoms with Crippen molar-refractivity contribution < 1.29 is 10.3 Å². The lowest BCUT2D eigenvalue weighted by Gasteiger charge is -2.00. The van der Waals surface area contributed by atoms with Crippen LogP contribution in [0.15, 0.2) is 0 Å². The van der Waals surface area contributed by atoms with Crippen molar-refractivity contribution in [3.63, 3.8) is 0 Å². The first kappa shape index (κ1) is 5.84. The highest BCUT2D eigenvalue weighted by Gasteiger charge is 1.90. The summed E-state index contributed by atoms with van der Waals surface area (Å²) in [7, 11) is 0. The number of nitrogens with one attached hydrogen (secondary N) is 1. The van der Waals surface area contributed by atoms with Gasteiger partial charge < -0.3 is 16.0 Å². The fraction of sp³-hybridized carbons (Fsp3) is 1.00. The Hall–Kier alpha value is -0.160. The molecule has 1 atom stereocenters. The van der Waals surface area contributed by atoms with E-state index in [-0.39, 0.29) is 6.61 Å². The van der Waals surface area contributed by atoms with Crippen LogP contribution in [0.5, 0.6) is 0 Å². The summed E-state index contributed by atoms with van der Waals surface area (Å²) in [4.78, 5) is 0. The third-order valence-electron chi connectivity index (χ3n) is 0.363. The Bertz CT molecular complexity index is 28.7. The lowest BCUT2D eigenvalue weighted by atomic mass is 10.6. The van der Waals surface area contributed by atoms with Crippen molar-refractivity contribution in [1.82, 2.24) is 5.48 Å². The summed E-state index contributed by atoms with van der Waals surface area (Å²) in [5, 5.41) is 15.8. The molecular weight excluding hydrogens is 84.0 g/mol. The monoisotopic (exact) mass is 92.1 g/mol. The zero-order chi connectivity index (χ0) is 4.99. The van der Waals surface area contributed by atoms with Crippen molar-refractivity contribution in [1.29, 1.82) is 0 Å². The molecule has 0 aromatic rings. The maximum absolute atomic E-state index is 7.99. The maximum atomic E-state index is 7.99. The van der Waals surface area contributed by atoms with Gasteiger partial charge >= 0.3 is 0 Å². The van der Waals surface area contributed by atoms with E-state index >= 15 is 0 Å². The van der Waals surface area contributed by atoms with Gasteiger partial charge in [0, 0.05) is 0 Å². The van der Waals surface area contributed by atoms with E-state index in [1.165, 1.54) is 0 Å². The van der Waals surface area contributed by atoms with Crippen LogP contribution in [0, 0.1) is 0 Å². The Labute approximate surface area is 35.5 Å². The highest BCUT2D eigenvalue weighted by atomic mass is 16.5. The van der Waals surface area contributed by atoms with E-state index in [2.05, 4.69) is 0 Å². The Morgan fingerprint density at radius 2 is 2.33 bits per heavy atom. The fourth-order valence-electron chi connectivity index (χ4n) is 0.0408. The minimum Gasteiger partial charge on any atom is -0.393 e. The van der Waals surface area contributed by atoms with Crippen molar-refractivity contribution in [3.8, 4) is 0 Å². The number of aliphatic hydroxyl groups is 1. The molecule has 0 aliphatic heterocycles. The molecule has 6 heavy (non-hydrogen) atoms. The molecule has 0 radical (unpaired) electrons. The lowest BCUT2D eigenvalue weighted by Crippen LogP contribution is -2.37. The first-order chi connectivity index (χ1) is 2.81. The van der Waals surface area contributed by atoms with Crippen LogP contribution in [0.4, 0.5) is 0 Å². The Morgan fingerprint density at radius 3 is 2.33 bits per heavy atom. The van der Waals surface area contributed by atoms with Crippen molar-refractivity contribution in [2.45, 2.75) is 6.17 Å². The number of nitrogens with two attached hydrogens (primary N) is 1. The Morgan fingerprint density at radius 1 is 1.83 bits per heavy atom. The molecule has 0 saturated heterocycles. The molecule has 4 heteroatoms. The number of hydrogen-bond donors (Lipinski definition) is 4.